The monoisotopic (exact) mass is 215 g/mol. The van der Waals surface area contributed by atoms with Gasteiger partial charge in [0.05, 0.1) is 6.54 Å². The van der Waals surface area contributed by atoms with Gasteiger partial charge in [-0.1, -0.05) is 30.3 Å². The molecule has 1 aromatic heterocycles. The van der Waals surface area contributed by atoms with Gasteiger partial charge < -0.3 is 5.32 Å². The summed E-state index contributed by atoms with van der Waals surface area (Å²) in [5, 5.41) is 2.83. The molecule has 0 amide bonds. The SMILES string of the molecule is CNc1cc(=O)n(Cc2ccccc2)cn1. The van der Waals surface area contributed by atoms with Crippen LogP contribution >= 0.6 is 0 Å². The molecule has 0 saturated heterocycles. The molecule has 0 aliphatic carbocycles. The van der Waals surface area contributed by atoms with Crippen LogP contribution in [0.15, 0.2) is 47.5 Å². The first-order chi connectivity index (χ1) is 7.79. The Morgan fingerprint density at radius 2 is 2.06 bits per heavy atom. The van der Waals surface area contributed by atoms with Crippen LogP contribution in [0.3, 0.4) is 0 Å². The molecule has 16 heavy (non-hydrogen) atoms. The fraction of sp³-hybridized carbons (Fsp3) is 0.167. The molecule has 0 aliphatic heterocycles. The minimum atomic E-state index is -0.0526. The lowest BCUT2D eigenvalue weighted by Crippen LogP contribution is -2.20. The van der Waals surface area contributed by atoms with Crippen molar-refractivity contribution in [3.05, 3.63) is 58.6 Å². The second-order valence-electron chi connectivity index (χ2n) is 3.48. The molecule has 0 spiro atoms. The zero-order valence-corrected chi connectivity index (χ0v) is 9.05. The van der Waals surface area contributed by atoms with Crippen LogP contribution < -0.4 is 10.9 Å². The lowest BCUT2D eigenvalue weighted by molar-refractivity contribution is 0.737. The highest BCUT2D eigenvalue weighted by Gasteiger charge is 1.99. The minimum absolute atomic E-state index is 0.0526. The number of anilines is 1. The van der Waals surface area contributed by atoms with Gasteiger partial charge in [-0.3, -0.25) is 9.36 Å². The average molecular weight is 215 g/mol. The number of aromatic nitrogens is 2. The van der Waals surface area contributed by atoms with Gasteiger partial charge >= 0.3 is 0 Å². The van der Waals surface area contributed by atoms with Crippen molar-refractivity contribution < 1.29 is 0 Å². The van der Waals surface area contributed by atoms with E-state index in [0.29, 0.717) is 12.4 Å². The zero-order chi connectivity index (χ0) is 11.4. The summed E-state index contributed by atoms with van der Waals surface area (Å²) in [5.41, 5.74) is 1.03. The Labute approximate surface area is 93.6 Å². The van der Waals surface area contributed by atoms with Crippen molar-refractivity contribution in [1.29, 1.82) is 0 Å². The molecule has 0 unspecified atom stereocenters. The third-order valence-electron chi connectivity index (χ3n) is 2.33. The Hall–Kier alpha value is -2.10. The van der Waals surface area contributed by atoms with Crippen LogP contribution in [-0.4, -0.2) is 16.6 Å². The average Bonchev–Trinajstić information content (AvgIpc) is 2.33. The molecule has 0 radical (unpaired) electrons. The largest absolute Gasteiger partial charge is 0.373 e. The lowest BCUT2D eigenvalue weighted by Gasteiger charge is -2.05. The van der Waals surface area contributed by atoms with E-state index in [2.05, 4.69) is 10.3 Å². The maximum atomic E-state index is 11.7. The Bertz CT molecular complexity index is 519. The molecule has 0 atom stereocenters. The van der Waals surface area contributed by atoms with Crippen molar-refractivity contribution in [1.82, 2.24) is 9.55 Å². The van der Waals surface area contributed by atoms with E-state index in [4.69, 9.17) is 0 Å². The second kappa shape index (κ2) is 4.61. The van der Waals surface area contributed by atoms with E-state index >= 15 is 0 Å². The molecule has 1 aromatic carbocycles. The number of nitrogens with zero attached hydrogens (tertiary/aromatic N) is 2. The number of hydrogen-bond donors (Lipinski definition) is 1. The van der Waals surface area contributed by atoms with Crippen LogP contribution in [0, 0.1) is 0 Å². The van der Waals surface area contributed by atoms with E-state index in [-0.39, 0.29) is 5.56 Å². The van der Waals surface area contributed by atoms with Gasteiger partial charge in [0.25, 0.3) is 5.56 Å². The molecule has 1 N–H and O–H groups in total. The number of nitrogens with one attached hydrogen (secondary N) is 1. The van der Waals surface area contributed by atoms with Gasteiger partial charge in [0.2, 0.25) is 0 Å². The van der Waals surface area contributed by atoms with Gasteiger partial charge in [0.1, 0.15) is 12.1 Å². The number of rotatable bonds is 3. The van der Waals surface area contributed by atoms with Crippen LogP contribution in [-0.2, 0) is 6.54 Å². The predicted molar refractivity (Wildman–Crippen MR) is 63.6 cm³/mol. The van der Waals surface area contributed by atoms with Gasteiger partial charge in [0.15, 0.2) is 0 Å². The van der Waals surface area contributed by atoms with Crippen molar-refractivity contribution >= 4 is 5.82 Å². The van der Waals surface area contributed by atoms with Gasteiger partial charge in [0, 0.05) is 13.1 Å². The van der Waals surface area contributed by atoms with Crippen molar-refractivity contribution in [2.75, 3.05) is 12.4 Å². The van der Waals surface area contributed by atoms with E-state index in [1.165, 1.54) is 6.07 Å². The quantitative estimate of drug-likeness (QED) is 0.840. The third kappa shape index (κ3) is 2.28. The van der Waals surface area contributed by atoms with Crippen molar-refractivity contribution in [2.24, 2.45) is 0 Å². The molecule has 0 saturated carbocycles. The molecule has 82 valence electrons. The number of hydrogen-bond acceptors (Lipinski definition) is 3. The fourth-order valence-electron chi connectivity index (χ4n) is 1.46. The van der Waals surface area contributed by atoms with Crippen LogP contribution in [0.2, 0.25) is 0 Å². The minimum Gasteiger partial charge on any atom is -0.373 e. The molecule has 0 aliphatic rings. The summed E-state index contributed by atoms with van der Waals surface area (Å²) < 4.78 is 1.58. The standard InChI is InChI=1S/C12H13N3O/c1-13-11-7-12(16)15(9-14-11)8-10-5-3-2-4-6-10/h2-7,9,13H,8H2,1H3. The van der Waals surface area contributed by atoms with Crippen molar-refractivity contribution in [2.45, 2.75) is 6.54 Å². The molecule has 1 heterocycles. The van der Waals surface area contributed by atoms with E-state index in [1.807, 2.05) is 30.3 Å². The molecule has 2 rings (SSSR count). The summed E-state index contributed by atoms with van der Waals surface area (Å²) in [7, 11) is 1.74. The zero-order valence-electron chi connectivity index (χ0n) is 9.05. The van der Waals surface area contributed by atoms with Crippen LogP contribution in [0.4, 0.5) is 5.82 Å². The number of benzene rings is 1. The van der Waals surface area contributed by atoms with Crippen LogP contribution in [0.5, 0.6) is 0 Å². The molecule has 2 aromatic rings. The van der Waals surface area contributed by atoms with Gasteiger partial charge in [-0.05, 0) is 5.56 Å². The molecule has 0 bridgehead atoms. The first-order valence-electron chi connectivity index (χ1n) is 5.08. The molecule has 0 fully saturated rings. The predicted octanol–water partition coefficient (Wildman–Crippen LogP) is 1.33. The highest BCUT2D eigenvalue weighted by Crippen LogP contribution is 2.01. The first-order valence-corrected chi connectivity index (χ1v) is 5.08. The summed E-state index contributed by atoms with van der Waals surface area (Å²) in [4.78, 5) is 15.8. The summed E-state index contributed by atoms with van der Waals surface area (Å²) in [5.74, 6) is 0.592. The Morgan fingerprint density at radius 3 is 2.69 bits per heavy atom. The topological polar surface area (TPSA) is 46.9 Å². The fourth-order valence-corrected chi connectivity index (χ4v) is 1.46. The summed E-state index contributed by atoms with van der Waals surface area (Å²) in [6.45, 7) is 0.552. The van der Waals surface area contributed by atoms with Crippen molar-refractivity contribution in [3.63, 3.8) is 0 Å². The maximum Gasteiger partial charge on any atom is 0.255 e. The maximum absolute atomic E-state index is 11.7. The summed E-state index contributed by atoms with van der Waals surface area (Å²) in [6.07, 6.45) is 1.56. The highest BCUT2D eigenvalue weighted by atomic mass is 16.1. The summed E-state index contributed by atoms with van der Waals surface area (Å²) in [6, 6.07) is 11.3. The van der Waals surface area contributed by atoms with Gasteiger partial charge in [-0.25, -0.2) is 4.98 Å². The molecule has 4 heteroatoms. The van der Waals surface area contributed by atoms with E-state index < -0.39 is 0 Å². The Morgan fingerprint density at radius 1 is 1.31 bits per heavy atom. The lowest BCUT2D eigenvalue weighted by atomic mass is 10.2. The van der Waals surface area contributed by atoms with Gasteiger partial charge in [-0.2, -0.15) is 0 Å². The molecular formula is C12H13N3O. The van der Waals surface area contributed by atoms with Gasteiger partial charge in [-0.15, -0.1) is 0 Å². The Balaban J connectivity index is 2.26. The Kier molecular flexibility index (Phi) is 3.00. The molecular weight excluding hydrogens is 202 g/mol. The van der Waals surface area contributed by atoms with Crippen molar-refractivity contribution in [3.8, 4) is 0 Å². The van der Waals surface area contributed by atoms with Crippen LogP contribution in [0.25, 0.3) is 0 Å². The van der Waals surface area contributed by atoms with E-state index in [1.54, 1.807) is 17.9 Å². The second-order valence-corrected chi connectivity index (χ2v) is 3.48. The van der Waals surface area contributed by atoms with E-state index in [0.717, 1.165) is 5.56 Å². The van der Waals surface area contributed by atoms with Crippen LogP contribution in [0.1, 0.15) is 5.56 Å². The summed E-state index contributed by atoms with van der Waals surface area (Å²) >= 11 is 0. The smallest absolute Gasteiger partial charge is 0.255 e. The van der Waals surface area contributed by atoms with E-state index in [9.17, 15) is 4.79 Å². The normalized spacial score (nSPS) is 10.1. The molecule has 4 nitrogen and oxygen atoms in total. The first kappa shape index (κ1) is 10.4. The third-order valence-corrected chi connectivity index (χ3v) is 2.33. The highest BCUT2D eigenvalue weighted by molar-refractivity contribution is 5.30.